The molecule has 1 spiro atoms. The topological polar surface area (TPSA) is 49.3 Å². The Hall–Kier alpha value is -1.63. The molecule has 0 radical (unpaired) electrons. The van der Waals surface area contributed by atoms with Gasteiger partial charge in [-0.25, -0.2) is 8.78 Å². The third kappa shape index (κ3) is 2.82. The van der Waals surface area contributed by atoms with Gasteiger partial charge in [-0.3, -0.25) is 19.7 Å². The van der Waals surface area contributed by atoms with E-state index in [4.69, 9.17) is 0 Å². The summed E-state index contributed by atoms with van der Waals surface area (Å²) in [4.78, 5) is 23.9. The van der Waals surface area contributed by atoms with Gasteiger partial charge in [0, 0.05) is 45.5 Å². The minimum absolute atomic E-state index is 0.160. The van der Waals surface area contributed by atoms with Crippen molar-refractivity contribution in [3.8, 4) is 0 Å². The summed E-state index contributed by atoms with van der Waals surface area (Å²) in [5.41, 5.74) is 0.465. The van der Waals surface area contributed by atoms with E-state index in [0.717, 1.165) is 5.69 Å². The predicted octanol–water partition coefficient (Wildman–Crippen LogP) is 1.47. The minimum atomic E-state index is -2.85. The highest BCUT2D eigenvalue weighted by Crippen LogP contribution is 2.45. The zero-order valence-corrected chi connectivity index (χ0v) is 12.9. The first-order chi connectivity index (χ1) is 10.3. The van der Waals surface area contributed by atoms with Gasteiger partial charge in [0.25, 0.3) is 5.92 Å². The van der Waals surface area contributed by atoms with Crippen LogP contribution in [0.15, 0.2) is 12.4 Å². The molecule has 2 aliphatic rings. The number of amides is 1. The number of nitrogens with zero attached hydrogens (tertiary/aromatic N) is 4. The molecule has 1 aromatic rings. The van der Waals surface area contributed by atoms with Crippen molar-refractivity contribution in [2.24, 2.45) is 5.41 Å². The highest BCUT2D eigenvalue weighted by molar-refractivity contribution is 5.85. The molecular weight excluding hydrogens is 290 g/mol. The first-order valence-corrected chi connectivity index (χ1v) is 7.43. The van der Waals surface area contributed by atoms with Crippen LogP contribution in [0.25, 0.3) is 0 Å². The lowest BCUT2D eigenvalue weighted by Crippen LogP contribution is -2.55. The molecule has 0 aliphatic carbocycles. The highest BCUT2D eigenvalue weighted by Gasteiger charge is 2.56. The average molecular weight is 310 g/mol. The molecule has 0 aromatic carbocycles. The van der Waals surface area contributed by atoms with Crippen LogP contribution in [-0.2, 0) is 11.3 Å². The number of hydrogen-bond donors (Lipinski definition) is 0. The Morgan fingerprint density at radius 3 is 2.73 bits per heavy atom. The Bertz CT molecular complexity index is 595. The number of carbonyl (C=O) groups is 1. The molecule has 1 aromatic heterocycles. The van der Waals surface area contributed by atoms with Crippen LogP contribution in [-0.4, -0.2) is 58.3 Å². The first-order valence-electron chi connectivity index (χ1n) is 7.43. The molecule has 5 nitrogen and oxygen atoms in total. The van der Waals surface area contributed by atoms with Gasteiger partial charge in [-0.15, -0.1) is 0 Å². The molecule has 0 N–H and O–H groups in total. The Morgan fingerprint density at radius 1 is 1.32 bits per heavy atom. The van der Waals surface area contributed by atoms with E-state index in [1.54, 1.807) is 29.2 Å². The summed E-state index contributed by atoms with van der Waals surface area (Å²) in [5, 5.41) is 0. The smallest absolute Gasteiger partial charge is 0.261 e. The number of halogens is 2. The predicted molar refractivity (Wildman–Crippen MR) is 76.3 cm³/mol. The van der Waals surface area contributed by atoms with Crippen molar-refractivity contribution in [2.75, 3.05) is 26.7 Å². The standard InChI is InChI=1S/C15H20F2N4O/c1-11-5-18-6-12(19-11)7-21-9-14(8-15(16,17)10-21)3-4-20(2)13(14)22/h5-6H,3-4,7-10H2,1-2H3/t14-/m1/s1. The van der Waals surface area contributed by atoms with Crippen molar-refractivity contribution in [3.05, 3.63) is 23.8 Å². The molecule has 1 amide bonds. The van der Waals surface area contributed by atoms with Gasteiger partial charge in [-0.05, 0) is 13.3 Å². The fraction of sp³-hybridized carbons (Fsp3) is 0.667. The Morgan fingerprint density at radius 2 is 2.09 bits per heavy atom. The monoisotopic (exact) mass is 310 g/mol. The van der Waals surface area contributed by atoms with Gasteiger partial charge in [0.2, 0.25) is 5.91 Å². The second-order valence-electron chi connectivity index (χ2n) is 6.59. The fourth-order valence-corrected chi connectivity index (χ4v) is 3.66. The lowest BCUT2D eigenvalue weighted by molar-refractivity contribution is -0.154. The van der Waals surface area contributed by atoms with Gasteiger partial charge >= 0.3 is 0 Å². The molecule has 0 saturated carbocycles. The number of alkyl halides is 2. The van der Waals surface area contributed by atoms with Gasteiger partial charge in [0.05, 0.1) is 23.3 Å². The van der Waals surface area contributed by atoms with Crippen LogP contribution in [0.2, 0.25) is 0 Å². The van der Waals surface area contributed by atoms with E-state index in [0.29, 0.717) is 31.7 Å². The van der Waals surface area contributed by atoms with E-state index in [2.05, 4.69) is 9.97 Å². The summed E-state index contributed by atoms with van der Waals surface area (Å²) >= 11 is 0. The summed E-state index contributed by atoms with van der Waals surface area (Å²) in [6.07, 6.45) is 3.37. The molecule has 1 atom stereocenters. The summed E-state index contributed by atoms with van der Waals surface area (Å²) in [7, 11) is 1.68. The summed E-state index contributed by atoms with van der Waals surface area (Å²) in [6, 6.07) is 0. The number of likely N-dealkylation sites (tertiary alicyclic amines) is 2. The summed E-state index contributed by atoms with van der Waals surface area (Å²) in [5.74, 6) is -3.01. The summed E-state index contributed by atoms with van der Waals surface area (Å²) < 4.78 is 28.4. The van der Waals surface area contributed by atoms with Crippen LogP contribution in [0.4, 0.5) is 8.78 Å². The number of hydrogen-bond acceptors (Lipinski definition) is 4. The van der Waals surface area contributed by atoms with Crippen molar-refractivity contribution in [1.29, 1.82) is 0 Å². The number of piperidine rings is 1. The molecule has 0 bridgehead atoms. The molecule has 2 saturated heterocycles. The van der Waals surface area contributed by atoms with E-state index < -0.39 is 11.3 Å². The van der Waals surface area contributed by atoms with E-state index >= 15 is 0 Å². The third-order valence-corrected chi connectivity index (χ3v) is 4.49. The first kappa shape index (κ1) is 15.3. The van der Waals surface area contributed by atoms with Gasteiger partial charge in [-0.2, -0.15) is 0 Å². The molecule has 2 aliphatic heterocycles. The van der Waals surface area contributed by atoms with Gasteiger partial charge in [-0.1, -0.05) is 0 Å². The van der Waals surface area contributed by atoms with E-state index in [9.17, 15) is 13.6 Å². The largest absolute Gasteiger partial charge is 0.345 e. The Labute approximate surface area is 128 Å². The van der Waals surface area contributed by atoms with E-state index in [1.165, 1.54) is 0 Å². The molecule has 120 valence electrons. The Kier molecular flexibility index (Phi) is 3.63. The quantitative estimate of drug-likeness (QED) is 0.830. The van der Waals surface area contributed by atoms with Crippen LogP contribution in [0.5, 0.6) is 0 Å². The maximum atomic E-state index is 14.2. The minimum Gasteiger partial charge on any atom is -0.345 e. The van der Waals surface area contributed by atoms with Crippen LogP contribution >= 0.6 is 0 Å². The van der Waals surface area contributed by atoms with Crippen molar-refractivity contribution < 1.29 is 13.6 Å². The van der Waals surface area contributed by atoms with E-state index in [1.807, 2.05) is 6.92 Å². The van der Waals surface area contributed by atoms with Gasteiger partial charge < -0.3 is 4.90 Å². The lowest BCUT2D eigenvalue weighted by atomic mass is 9.77. The highest BCUT2D eigenvalue weighted by atomic mass is 19.3. The van der Waals surface area contributed by atoms with Gasteiger partial charge in [0.15, 0.2) is 0 Å². The molecule has 3 rings (SSSR count). The molecule has 3 heterocycles. The van der Waals surface area contributed by atoms with Crippen molar-refractivity contribution in [3.63, 3.8) is 0 Å². The number of carbonyl (C=O) groups excluding carboxylic acids is 1. The fourth-order valence-electron chi connectivity index (χ4n) is 3.66. The number of rotatable bonds is 2. The van der Waals surface area contributed by atoms with Crippen LogP contribution in [0.3, 0.4) is 0 Å². The van der Waals surface area contributed by atoms with Gasteiger partial charge in [0.1, 0.15) is 0 Å². The zero-order valence-electron chi connectivity index (χ0n) is 12.9. The van der Waals surface area contributed by atoms with Crippen LogP contribution in [0, 0.1) is 12.3 Å². The normalized spacial score (nSPS) is 28.5. The lowest BCUT2D eigenvalue weighted by Gasteiger charge is -2.42. The van der Waals surface area contributed by atoms with Crippen LogP contribution < -0.4 is 0 Å². The second kappa shape index (κ2) is 5.22. The molecule has 7 heteroatoms. The van der Waals surface area contributed by atoms with Crippen molar-refractivity contribution >= 4 is 5.91 Å². The average Bonchev–Trinajstić information content (AvgIpc) is 2.65. The van der Waals surface area contributed by atoms with E-state index in [-0.39, 0.29) is 18.9 Å². The zero-order chi connectivity index (χ0) is 16.0. The SMILES string of the molecule is Cc1cncc(CN2CC(F)(F)C[C@]3(CCN(C)C3=O)C2)n1. The maximum absolute atomic E-state index is 14.2. The molecular formula is C15H20F2N4O. The maximum Gasteiger partial charge on any atom is 0.261 e. The molecule has 22 heavy (non-hydrogen) atoms. The van der Waals surface area contributed by atoms with Crippen molar-refractivity contribution in [2.45, 2.75) is 32.2 Å². The second-order valence-corrected chi connectivity index (χ2v) is 6.59. The summed E-state index contributed by atoms with van der Waals surface area (Å²) in [6.45, 7) is 2.69. The molecule has 0 unspecified atom stereocenters. The Balaban J connectivity index is 1.82. The van der Waals surface area contributed by atoms with Crippen molar-refractivity contribution in [1.82, 2.24) is 19.8 Å². The third-order valence-electron chi connectivity index (χ3n) is 4.49. The molecule has 2 fully saturated rings. The number of aryl methyl sites for hydroxylation is 1. The number of aromatic nitrogens is 2. The van der Waals surface area contributed by atoms with Crippen LogP contribution in [0.1, 0.15) is 24.2 Å².